The summed E-state index contributed by atoms with van der Waals surface area (Å²) in [5, 5.41) is 3.00. The van der Waals surface area contributed by atoms with Crippen LogP contribution in [0.25, 0.3) is 0 Å². The molecule has 1 aromatic heterocycles. The van der Waals surface area contributed by atoms with Crippen LogP contribution in [0.1, 0.15) is 38.8 Å². The van der Waals surface area contributed by atoms with E-state index in [2.05, 4.69) is 34.0 Å². The molecular formula is C14H24N4. The molecule has 0 bridgehead atoms. The lowest BCUT2D eigenvalue weighted by Gasteiger charge is -2.22. The van der Waals surface area contributed by atoms with Gasteiger partial charge in [-0.25, -0.2) is 4.98 Å². The van der Waals surface area contributed by atoms with Gasteiger partial charge in [-0.1, -0.05) is 13.8 Å². The van der Waals surface area contributed by atoms with E-state index >= 15 is 0 Å². The zero-order chi connectivity index (χ0) is 13.0. The standard InChI is InChI=1S/C14H24N4/c1-11(2)6-7-18(13-4-5-13)10-12-8-17-14(15-3)9-16-12/h8-9,11,13H,4-7,10H2,1-3H3,(H,15,17). The van der Waals surface area contributed by atoms with Crippen molar-refractivity contribution in [3.05, 3.63) is 18.1 Å². The van der Waals surface area contributed by atoms with Gasteiger partial charge in [0, 0.05) is 19.6 Å². The lowest BCUT2D eigenvalue weighted by atomic mass is 10.1. The van der Waals surface area contributed by atoms with Gasteiger partial charge in [0.2, 0.25) is 0 Å². The summed E-state index contributed by atoms with van der Waals surface area (Å²) in [6.45, 7) is 6.69. The van der Waals surface area contributed by atoms with Gasteiger partial charge in [0.25, 0.3) is 0 Å². The fourth-order valence-corrected chi connectivity index (χ4v) is 2.03. The second kappa shape index (κ2) is 6.14. The zero-order valence-electron chi connectivity index (χ0n) is 11.7. The number of nitrogens with zero attached hydrogens (tertiary/aromatic N) is 3. The van der Waals surface area contributed by atoms with Gasteiger partial charge in [-0.3, -0.25) is 9.88 Å². The highest BCUT2D eigenvalue weighted by molar-refractivity contribution is 5.29. The van der Waals surface area contributed by atoms with E-state index < -0.39 is 0 Å². The van der Waals surface area contributed by atoms with E-state index in [1.54, 1.807) is 0 Å². The van der Waals surface area contributed by atoms with Gasteiger partial charge in [-0.05, 0) is 31.7 Å². The van der Waals surface area contributed by atoms with E-state index in [-0.39, 0.29) is 0 Å². The van der Waals surface area contributed by atoms with Gasteiger partial charge in [-0.2, -0.15) is 0 Å². The van der Waals surface area contributed by atoms with Crippen molar-refractivity contribution in [3.63, 3.8) is 0 Å². The Balaban J connectivity index is 1.90. The Morgan fingerprint density at radius 2 is 2.11 bits per heavy atom. The predicted octanol–water partition coefficient (Wildman–Crippen LogP) is 2.53. The Kier molecular flexibility index (Phi) is 4.53. The van der Waals surface area contributed by atoms with E-state index in [1.807, 2.05) is 19.4 Å². The second-order valence-electron chi connectivity index (χ2n) is 5.53. The monoisotopic (exact) mass is 248 g/mol. The van der Waals surface area contributed by atoms with Crippen LogP contribution in [0.15, 0.2) is 12.4 Å². The normalized spacial score (nSPS) is 15.4. The van der Waals surface area contributed by atoms with Crippen LogP contribution >= 0.6 is 0 Å². The van der Waals surface area contributed by atoms with Crippen molar-refractivity contribution >= 4 is 5.82 Å². The molecular weight excluding hydrogens is 224 g/mol. The largest absolute Gasteiger partial charge is 0.372 e. The quantitative estimate of drug-likeness (QED) is 0.805. The molecule has 1 fully saturated rings. The molecule has 0 amide bonds. The number of nitrogens with one attached hydrogen (secondary N) is 1. The smallest absolute Gasteiger partial charge is 0.144 e. The van der Waals surface area contributed by atoms with E-state index in [4.69, 9.17) is 0 Å². The van der Waals surface area contributed by atoms with Crippen LogP contribution in [-0.2, 0) is 6.54 Å². The molecule has 18 heavy (non-hydrogen) atoms. The number of rotatable bonds is 7. The number of hydrogen-bond acceptors (Lipinski definition) is 4. The fourth-order valence-electron chi connectivity index (χ4n) is 2.03. The Hall–Kier alpha value is -1.16. The van der Waals surface area contributed by atoms with E-state index in [1.165, 1.54) is 25.8 Å². The highest BCUT2D eigenvalue weighted by Gasteiger charge is 2.28. The molecule has 100 valence electrons. The topological polar surface area (TPSA) is 41.1 Å². The van der Waals surface area contributed by atoms with Crippen molar-refractivity contribution in [3.8, 4) is 0 Å². The molecule has 1 heterocycles. The number of hydrogen-bond donors (Lipinski definition) is 1. The second-order valence-corrected chi connectivity index (χ2v) is 5.53. The van der Waals surface area contributed by atoms with Crippen molar-refractivity contribution < 1.29 is 0 Å². The molecule has 1 N–H and O–H groups in total. The van der Waals surface area contributed by atoms with Crippen LogP contribution < -0.4 is 5.32 Å². The summed E-state index contributed by atoms with van der Waals surface area (Å²) in [6.07, 6.45) is 7.65. The molecule has 0 aromatic carbocycles. The summed E-state index contributed by atoms with van der Waals surface area (Å²) in [6, 6.07) is 0.787. The summed E-state index contributed by atoms with van der Waals surface area (Å²) in [5.74, 6) is 1.60. The third kappa shape index (κ3) is 3.95. The van der Waals surface area contributed by atoms with Crippen molar-refractivity contribution in [2.75, 3.05) is 18.9 Å². The highest BCUT2D eigenvalue weighted by Crippen LogP contribution is 2.28. The van der Waals surface area contributed by atoms with E-state index in [9.17, 15) is 0 Å². The lowest BCUT2D eigenvalue weighted by Crippen LogP contribution is -2.28. The summed E-state index contributed by atoms with van der Waals surface area (Å²) in [7, 11) is 1.86. The Morgan fingerprint density at radius 3 is 2.61 bits per heavy atom. The van der Waals surface area contributed by atoms with Crippen molar-refractivity contribution in [2.24, 2.45) is 5.92 Å². The number of aromatic nitrogens is 2. The Morgan fingerprint density at radius 1 is 1.33 bits per heavy atom. The van der Waals surface area contributed by atoms with Crippen LogP contribution in [-0.4, -0.2) is 34.5 Å². The molecule has 0 spiro atoms. The lowest BCUT2D eigenvalue weighted by molar-refractivity contribution is 0.236. The SMILES string of the molecule is CNc1cnc(CN(CCC(C)C)C2CC2)cn1. The molecule has 1 aliphatic rings. The molecule has 1 saturated carbocycles. The fraction of sp³-hybridized carbons (Fsp3) is 0.714. The molecule has 1 aliphatic carbocycles. The highest BCUT2D eigenvalue weighted by atomic mass is 15.2. The molecule has 4 heteroatoms. The molecule has 0 radical (unpaired) electrons. The van der Waals surface area contributed by atoms with E-state index in [0.29, 0.717) is 0 Å². The van der Waals surface area contributed by atoms with Crippen LogP contribution in [0.5, 0.6) is 0 Å². The first-order valence-corrected chi connectivity index (χ1v) is 6.91. The first-order chi connectivity index (χ1) is 8.69. The Labute approximate surface area is 110 Å². The average Bonchev–Trinajstić information content (AvgIpc) is 3.19. The van der Waals surface area contributed by atoms with Crippen LogP contribution in [0, 0.1) is 5.92 Å². The zero-order valence-corrected chi connectivity index (χ0v) is 11.7. The first kappa shape index (κ1) is 13.3. The van der Waals surface area contributed by atoms with E-state index in [0.717, 1.165) is 30.0 Å². The van der Waals surface area contributed by atoms with Crippen molar-refractivity contribution in [1.29, 1.82) is 0 Å². The van der Waals surface area contributed by atoms with Crippen LogP contribution in [0.2, 0.25) is 0 Å². The van der Waals surface area contributed by atoms with Gasteiger partial charge in [0.15, 0.2) is 0 Å². The predicted molar refractivity (Wildman–Crippen MR) is 74.5 cm³/mol. The maximum absolute atomic E-state index is 4.46. The van der Waals surface area contributed by atoms with Crippen molar-refractivity contribution in [1.82, 2.24) is 14.9 Å². The van der Waals surface area contributed by atoms with Crippen LogP contribution in [0.4, 0.5) is 5.82 Å². The third-order valence-electron chi connectivity index (χ3n) is 3.38. The Bertz CT molecular complexity index is 357. The van der Waals surface area contributed by atoms with Gasteiger partial charge in [0.05, 0.1) is 18.1 Å². The van der Waals surface area contributed by atoms with Gasteiger partial charge < -0.3 is 5.32 Å². The minimum absolute atomic E-state index is 0.768. The maximum atomic E-state index is 4.46. The molecule has 1 aromatic rings. The minimum Gasteiger partial charge on any atom is -0.372 e. The van der Waals surface area contributed by atoms with Gasteiger partial charge in [-0.15, -0.1) is 0 Å². The third-order valence-corrected chi connectivity index (χ3v) is 3.38. The van der Waals surface area contributed by atoms with Crippen LogP contribution in [0.3, 0.4) is 0 Å². The molecule has 0 unspecified atom stereocenters. The molecule has 0 aliphatic heterocycles. The molecule has 0 saturated heterocycles. The average molecular weight is 248 g/mol. The summed E-state index contributed by atoms with van der Waals surface area (Å²) in [5.41, 5.74) is 1.07. The first-order valence-electron chi connectivity index (χ1n) is 6.91. The molecule has 4 nitrogen and oxygen atoms in total. The van der Waals surface area contributed by atoms with Gasteiger partial charge in [0.1, 0.15) is 5.82 Å². The summed E-state index contributed by atoms with van der Waals surface area (Å²) in [4.78, 5) is 11.3. The number of anilines is 1. The molecule has 2 rings (SSSR count). The maximum Gasteiger partial charge on any atom is 0.144 e. The summed E-state index contributed by atoms with van der Waals surface area (Å²) < 4.78 is 0. The van der Waals surface area contributed by atoms with Gasteiger partial charge >= 0.3 is 0 Å². The molecule has 0 atom stereocenters. The summed E-state index contributed by atoms with van der Waals surface area (Å²) >= 11 is 0. The van der Waals surface area contributed by atoms with Crippen molar-refractivity contribution in [2.45, 2.75) is 45.7 Å². The minimum atomic E-state index is 0.768.